The predicted octanol–water partition coefficient (Wildman–Crippen LogP) is 6.82. The third kappa shape index (κ3) is 5.64. The molecule has 0 radical (unpaired) electrons. The second-order valence-electron chi connectivity index (χ2n) is 8.41. The molecule has 32 heavy (non-hydrogen) atoms. The van der Waals surface area contributed by atoms with E-state index < -0.39 is 0 Å². The van der Waals surface area contributed by atoms with Crippen molar-refractivity contribution in [3.8, 4) is 0 Å². The lowest BCUT2D eigenvalue weighted by Gasteiger charge is -2.34. The lowest BCUT2D eigenvalue weighted by molar-refractivity contribution is 0.198. The van der Waals surface area contributed by atoms with Gasteiger partial charge in [-0.25, -0.2) is 0 Å². The van der Waals surface area contributed by atoms with Crippen LogP contribution in [0.3, 0.4) is 0 Å². The number of fused-ring (bicyclic) bond motifs is 1. The Morgan fingerprint density at radius 2 is 2.16 bits per heavy atom. The van der Waals surface area contributed by atoms with Gasteiger partial charge in [-0.15, -0.1) is 0 Å². The molecule has 3 rings (SSSR count). The van der Waals surface area contributed by atoms with E-state index in [4.69, 9.17) is 17.3 Å². The van der Waals surface area contributed by atoms with Crippen LogP contribution in [-0.2, 0) is 6.42 Å². The second-order valence-corrected chi connectivity index (χ2v) is 9.96. The van der Waals surface area contributed by atoms with Gasteiger partial charge in [-0.05, 0) is 61.6 Å². The smallest absolute Gasteiger partial charge is 0.267 e. The monoisotopic (exact) mass is 469 g/mol. The van der Waals surface area contributed by atoms with Crippen LogP contribution >= 0.6 is 23.4 Å². The molecular weight excluding hydrogens is 438 g/mol. The Balaban J connectivity index is 1.58. The van der Waals surface area contributed by atoms with Gasteiger partial charge in [-0.3, -0.25) is 9.79 Å². The standard InChI is InChI=1S/C26H32ClN3OS/c1-4-13-26(16-19-9-6-7-11-21(19)24(26)28)14-8-10-20(5-2)30-17-18(3)32-22-12-15-29-25(31)23(22)27/h5-7,9,11-12,15,17,24H,3-4,8,10,13-14,16,28H2,1-2H3,(H,29,31)/b20-5-,30-17?/t24-,26?/m1/s1. The Hall–Kier alpha value is -2.08. The maximum atomic E-state index is 11.6. The summed E-state index contributed by atoms with van der Waals surface area (Å²) >= 11 is 7.41. The van der Waals surface area contributed by atoms with Gasteiger partial charge in [0.15, 0.2) is 0 Å². The third-order valence-corrected chi connectivity index (χ3v) is 7.68. The molecule has 1 aliphatic carbocycles. The molecule has 0 saturated heterocycles. The number of pyridine rings is 1. The number of hydrogen-bond donors (Lipinski definition) is 2. The van der Waals surface area contributed by atoms with Crippen LogP contribution in [0.5, 0.6) is 0 Å². The number of hydrogen-bond acceptors (Lipinski definition) is 4. The van der Waals surface area contributed by atoms with E-state index in [2.05, 4.69) is 47.7 Å². The van der Waals surface area contributed by atoms with Crippen molar-refractivity contribution in [3.05, 3.63) is 86.3 Å². The van der Waals surface area contributed by atoms with Crippen LogP contribution < -0.4 is 11.3 Å². The molecule has 3 N–H and O–H groups in total. The third-order valence-electron chi connectivity index (χ3n) is 6.26. The summed E-state index contributed by atoms with van der Waals surface area (Å²) in [5.74, 6) is 0. The zero-order valence-corrected chi connectivity index (χ0v) is 20.4. The molecule has 0 saturated carbocycles. The molecular formula is C26H32ClN3OS. The van der Waals surface area contributed by atoms with Gasteiger partial charge < -0.3 is 10.7 Å². The Labute approximate surface area is 200 Å². The first kappa shape index (κ1) is 24.6. The first-order valence-corrected chi connectivity index (χ1v) is 12.4. The summed E-state index contributed by atoms with van der Waals surface area (Å²) in [7, 11) is 0. The molecule has 1 aliphatic rings. The highest BCUT2D eigenvalue weighted by Gasteiger charge is 2.42. The largest absolute Gasteiger partial charge is 0.328 e. The van der Waals surface area contributed by atoms with Crippen LogP contribution in [0.15, 0.2) is 74.5 Å². The van der Waals surface area contributed by atoms with Crippen molar-refractivity contribution >= 4 is 29.6 Å². The van der Waals surface area contributed by atoms with Crippen LogP contribution in [0.4, 0.5) is 0 Å². The normalized spacial score (nSPS) is 20.6. The van der Waals surface area contributed by atoms with E-state index in [0.717, 1.165) is 49.1 Å². The summed E-state index contributed by atoms with van der Waals surface area (Å²) in [5.41, 5.74) is 10.3. The van der Waals surface area contributed by atoms with Crippen molar-refractivity contribution in [2.45, 2.75) is 63.3 Å². The molecule has 2 aromatic rings. The number of nitrogens with one attached hydrogen (secondary N) is 1. The zero-order valence-electron chi connectivity index (χ0n) is 18.9. The maximum absolute atomic E-state index is 11.6. The molecule has 0 amide bonds. The van der Waals surface area contributed by atoms with Crippen molar-refractivity contribution in [3.63, 3.8) is 0 Å². The molecule has 0 bridgehead atoms. The van der Waals surface area contributed by atoms with E-state index in [0.29, 0.717) is 4.90 Å². The number of aromatic nitrogens is 1. The molecule has 1 aromatic carbocycles. The number of halogens is 1. The lowest BCUT2D eigenvalue weighted by Crippen LogP contribution is -2.31. The predicted molar refractivity (Wildman–Crippen MR) is 138 cm³/mol. The molecule has 6 heteroatoms. The number of aromatic amines is 1. The lowest BCUT2D eigenvalue weighted by atomic mass is 9.73. The Morgan fingerprint density at radius 1 is 1.38 bits per heavy atom. The molecule has 1 heterocycles. The number of nitrogens with zero attached hydrogens (tertiary/aromatic N) is 1. The van der Waals surface area contributed by atoms with Crippen LogP contribution in [0.25, 0.3) is 0 Å². The fourth-order valence-electron chi connectivity index (χ4n) is 4.68. The summed E-state index contributed by atoms with van der Waals surface area (Å²) in [6.45, 7) is 8.29. The van der Waals surface area contributed by atoms with Gasteiger partial charge in [0.25, 0.3) is 5.56 Å². The Bertz CT molecular complexity index is 1070. The molecule has 2 atom stereocenters. The minimum absolute atomic E-state index is 0.103. The van der Waals surface area contributed by atoms with Gasteiger partial charge >= 0.3 is 0 Å². The fraction of sp³-hybridized carbons (Fsp3) is 0.385. The van der Waals surface area contributed by atoms with Gasteiger partial charge in [0, 0.05) is 34.0 Å². The van der Waals surface area contributed by atoms with E-state index in [-0.39, 0.29) is 22.0 Å². The fourth-order valence-corrected chi connectivity index (χ4v) is 5.62. The van der Waals surface area contributed by atoms with E-state index in [1.165, 1.54) is 22.9 Å². The number of H-pyrrole nitrogens is 1. The molecule has 4 nitrogen and oxygen atoms in total. The van der Waals surface area contributed by atoms with Crippen molar-refractivity contribution in [1.82, 2.24) is 4.98 Å². The Morgan fingerprint density at radius 3 is 2.88 bits per heavy atom. The topological polar surface area (TPSA) is 71.2 Å². The number of rotatable bonds is 10. The van der Waals surface area contributed by atoms with E-state index in [1.807, 2.05) is 13.0 Å². The highest BCUT2D eigenvalue weighted by atomic mass is 35.5. The first-order chi connectivity index (χ1) is 15.4. The quantitative estimate of drug-likeness (QED) is 0.296. The van der Waals surface area contributed by atoms with E-state index in [1.54, 1.807) is 18.5 Å². The molecule has 170 valence electrons. The Kier molecular flexibility index (Phi) is 8.57. The minimum atomic E-state index is -0.302. The summed E-state index contributed by atoms with van der Waals surface area (Å²) in [5, 5.41) is 0.174. The number of benzene rings is 1. The second kappa shape index (κ2) is 11.2. The number of thioether (sulfide) groups is 1. The molecule has 0 spiro atoms. The van der Waals surface area contributed by atoms with Gasteiger partial charge in [0.05, 0.1) is 0 Å². The van der Waals surface area contributed by atoms with Gasteiger partial charge in [-0.2, -0.15) is 0 Å². The highest BCUT2D eigenvalue weighted by Crippen LogP contribution is 2.50. The molecule has 1 unspecified atom stereocenters. The summed E-state index contributed by atoms with van der Waals surface area (Å²) in [6.07, 6.45) is 11.7. The van der Waals surface area contributed by atoms with Crippen molar-refractivity contribution in [2.24, 2.45) is 16.1 Å². The average Bonchev–Trinajstić information content (AvgIpc) is 3.06. The van der Waals surface area contributed by atoms with Crippen molar-refractivity contribution in [2.75, 3.05) is 0 Å². The van der Waals surface area contributed by atoms with E-state index in [9.17, 15) is 4.79 Å². The number of aliphatic imine (C=N–C) groups is 1. The highest BCUT2D eigenvalue weighted by molar-refractivity contribution is 8.04. The summed E-state index contributed by atoms with van der Waals surface area (Å²) in [4.78, 5) is 20.2. The SMILES string of the molecule is C=C(C=N/C(=C\C)CCCC1(CCC)Cc2ccccc2[C@H]1N)Sc1cc[nH]c(=O)c1Cl. The summed E-state index contributed by atoms with van der Waals surface area (Å²) < 4.78 is 0. The van der Waals surface area contributed by atoms with Crippen molar-refractivity contribution in [1.29, 1.82) is 0 Å². The zero-order chi connectivity index (χ0) is 23.1. The average molecular weight is 470 g/mol. The van der Waals surface area contributed by atoms with Crippen LogP contribution in [-0.4, -0.2) is 11.2 Å². The van der Waals surface area contributed by atoms with E-state index >= 15 is 0 Å². The number of allylic oxidation sites excluding steroid dienone is 3. The first-order valence-electron chi connectivity index (χ1n) is 11.2. The molecule has 1 aromatic heterocycles. The maximum Gasteiger partial charge on any atom is 0.267 e. The van der Waals surface area contributed by atoms with Crippen LogP contribution in [0.1, 0.15) is 63.1 Å². The molecule has 0 aliphatic heterocycles. The molecule has 0 fully saturated rings. The summed E-state index contributed by atoms with van der Waals surface area (Å²) in [6, 6.07) is 10.5. The van der Waals surface area contributed by atoms with Gasteiger partial charge in [0.1, 0.15) is 5.02 Å². The van der Waals surface area contributed by atoms with Crippen LogP contribution in [0.2, 0.25) is 5.02 Å². The van der Waals surface area contributed by atoms with Gasteiger partial charge in [-0.1, -0.05) is 73.6 Å². The minimum Gasteiger partial charge on any atom is -0.328 e. The van der Waals surface area contributed by atoms with Gasteiger partial charge in [0.2, 0.25) is 0 Å². The van der Waals surface area contributed by atoms with Crippen molar-refractivity contribution < 1.29 is 0 Å². The number of nitrogens with two attached hydrogens (primary N) is 1. The van der Waals surface area contributed by atoms with Crippen LogP contribution in [0, 0.1) is 5.41 Å².